The summed E-state index contributed by atoms with van der Waals surface area (Å²) in [5, 5.41) is 4.48. The third-order valence-corrected chi connectivity index (χ3v) is 5.47. The summed E-state index contributed by atoms with van der Waals surface area (Å²) in [6.07, 6.45) is 12.6. The lowest BCUT2D eigenvalue weighted by molar-refractivity contribution is 0.147. The number of rotatable bonds is 8. The number of nitrogens with zero attached hydrogens (tertiary/aromatic N) is 5. The van der Waals surface area contributed by atoms with Crippen LogP contribution in [0.1, 0.15) is 68.7 Å². The zero-order valence-corrected chi connectivity index (χ0v) is 17.8. The molecule has 160 valence electrons. The Kier molecular flexibility index (Phi) is 6.30. The molecule has 1 saturated carbocycles. The molecule has 3 aromatic rings. The first-order chi connectivity index (χ1) is 14.6. The molecule has 1 aliphatic rings. The maximum Gasteiger partial charge on any atom is 0.336 e. The van der Waals surface area contributed by atoms with Crippen LogP contribution in [0.3, 0.4) is 0 Å². The van der Waals surface area contributed by atoms with Crippen LogP contribution in [0.2, 0.25) is 0 Å². The molecule has 0 unspecified atom stereocenters. The standard InChI is InChI=1S/C22H30N6O2/c1-3-4-10-29-22-26-19(23)20-24-14-17(28(20)27-22)12-16-11-15(2)21(25-13-16)30-18-8-6-5-7-9-18/h11,13-14,18H,3-10,12H2,1-2H3,(H2,23,26,27). The molecule has 4 rings (SSSR count). The van der Waals surface area contributed by atoms with Crippen molar-refractivity contribution in [2.24, 2.45) is 0 Å². The topological polar surface area (TPSA) is 100 Å². The average Bonchev–Trinajstić information content (AvgIpc) is 3.14. The van der Waals surface area contributed by atoms with Gasteiger partial charge in [0.1, 0.15) is 6.10 Å². The number of aromatic nitrogens is 5. The van der Waals surface area contributed by atoms with Gasteiger partial charge in [0.15, 0.2) is 11.5 Å². The van der Waals surface area contributed by atoms with Gasteiger partial charge in [0.2, 0.25) is 5.88 Å². The average molecular weight is 411 g/mol. The van der Waals surface area contributed by atoms with E-state index in [4.69, 9.17) is 15.2 Å². The number of aryl methyl sites for hydroxylation is 1. The first kappa shape index (κ1) is 20.4. The maximum absolute atomic E-state index is 6.14. The van der Waals surface area contributed by atoms with E-state index < -0.39 is 0 Å². The number of nitrogen functional groups attached to an aromatic ring is 1. The van der Waals surface area contributed by atoms with Gasteiger partial charge < -0.3 is 15.2 Å². The molecule has 1 aliphatic carbocycles. The molecule has 0 atom stereocenters. The van der Waals surface area contributed by atoms with Gasteiger partial charge in [0.05, 0.1) is 18.5 Å². The van der Waals surface area contributed by atoms with Crippen LogP contribution in [0.4, 0.5) is 5.82 Å². The smallest absolute Gasteiger partial charge is 0.336 e. The van der Waals surface area contributed by atoms with Crippen LogP contribution in [0.25, 0.3) is 5.65 Å². The molecule has 0 amide bonds. The number of imidazole rings is 1. The molecule has 30 heavy (non-hydrogen) atoms. The minimum Gasteiger partial charge on any atom is -0.474 e. The first-order valence-corrected chi connectivity index (χ1v) is 10.9. The summed E-state index contributed by atoms with van der Waals surface area (Å²) in [7, 11) is 0. The number of hydrogen-bond acceptors (Lipinski definition) is 7. The Morgan fingerprint density at radius 2 is 2.00 bits per heavy atom. The van der Waals surface area contributed by atoms with E-state index in [1.807, 2.05) is 13.1 Å². The summed E-state index contributed by atoms with van der Waals surface area (Å²) in [5.41, 5.74) is 9.61. The molecule has 3 aromatic heterocycles. The summed E-state index contributed by atoms with van der Waals surface area (Å²) < 4.78 is 13.5. The minimum atomic E-state index is 0.276. The number of ether oxygens (including phenoxy) is 2. The predicted octanol–water partition coefficient (Wildman–Crippen LogP) is 3.89. The number of unbranched alkanes of at least 4 members (excludes halogenated alkanes) is 1. The molecule has 1 fully saturated rings. The Balaban J connectivity index is 1.51. The number of hydrogen-bond donors (Lipinski definition) is 1. The van der Waals surface area contributed by atoms with Gasteiger partial charge in [-0.25, -0.2) is 14.5 Å². The van der Waals surface area contributed by atoms with Crippen molar-refractivity contribution >= 4 is 11.5 Å². The van der Waals surface area contributed by atoms with Crippen LogP contribution in [0, 0.1) is 6.92 Å². The lowest BCUT2D eigenvalue weighted by Crippen LogP contribution is -2.20. The van der Waals surface area contributed by atoms with Crippen molar-refractivity contribution in [2.75, 3.05) is 12.3 Å². The monoisotopic (exact) mass is 410 g/mol. The van der Waals surface area contributed by atoms with Crippen LogP contribution >= 0.6 is 0 Å². The summed E-state index contributed by atoms with van der Waals surface area (Å²) >= 11 is 0. The normalized spacial score (nSPS) is 14.9. The predicted molar refractivity (Wildman–Crippen MR) is 115 cm³/mol. The number of fused-ring (bicyclic) bond motifs is 1. The molecule has 3 heterocycles. The van der Waals surface area contributed by atoms with Crippen molar-refractivity contribution in [2.45, 2.75) is 71.3 Å². The van der Waals surface area contributed by atoms with E-state index in [0.717, 1.165) is 48.4 Å². The van der Waals surface area contributed by atoms with Gasteiger partial charge in [0.25, 0.3) is 0 Å². The third kappa shape index (κ3) is 4.63. The second-order valence-corrected chi connectivity index (χ2v) is 7.99. The number of pyridine rings is 1. The summed E-state index contributed by atoms with van der Waals surface area (Å²) in [6, 6.07) is 2.39. The minimum absolute atomic E-state index is 0.276. The van der Waals surface area contributed by atoms with Crippen LogP contribution in [0.5, 0.6) is 11.9 Å². The molecular formula is C22H30N6O2. The van der Waals surface area contributed by atoms with Gasteiger partial charge in [-0.3, -0.25) is 0 Å². The molecule has 0 radical (unpaired) electrons. The van der Waals surface area contributed by atoms with E-state index in [0.29, 0.717) is 30.6 Å². The highest BCUT2D eigenvalue weighted by Crippen LogP contribution is 2.25. The van der Waals surface area contributed by atoms with Gasteiger partial charge >= 0.3 is 6.01 Å². The molecule has 2 N–H and O–H groups in total. The second-order valence-electron chi connectivity index (χ2n) is 7.99. The molecule has 8 nitrogen and oxygen atoms in total. The van der Waals surface area contributed by atoms with Crippen molar-refractivity contribution in [1.29, 1.82) is 0 Å². The third-order valence-electron chi connectivity index (χ3n) is 5.47. The molecule has 0 spiro atoms. The highest BCUT2D eigenvalue weighted by atomic mass is 16.5. The van der Waals surface area contributed by atoms with E-state index in [1.54, 1.807) is 10.7 Å². The molecule has 0 bridgehead atoms. The van der Waals surface area contributed by atoms with E-state index in [2.05, 4.69) is 33.0 Å². The number of anilines is 1. The molecule has 8 heteroatoms. The largest absolute Gasteiger partial charge is 0.474 e. The van der Waals surface area contributed by atoms with E-state index in [1.165, 1.54) is 19.3 Å². The molecular weight excluding hydrogens is 380 g/mol. The summed E-state index contributed by atoms with van der Waals surface area (Å²) in [5.74, 6) is 1.05. The van der Waals surface area contributed by atoms with Gasteiger partial charge in [-0.15, -0.1) is 5.10 Å². The fraction of sp³-hybridized carbons (Fsp3) is 0.545. The Labute approximate surface area is 176 Å². The summed E-state index contributed by atoms with van der Waals surface area (Å²) in [4.78, 5) is 13.2. The van der Waals surface area contributed by atoms with E-state index in [9.17, 15) is 0 Å². The highest BCUT2D eigenvalue weighted by Gasteiger charge is 2.17. The Bertz CT molecular complexity index is 997. The Hall–Kier alpha value is -2.90. The molecule has 0 aliphatic heterocycles. The fourth-order valence-electron chi connectivity index (χ4n) is 3.81. The SMILES string of the molecule is CCCCOc1nc(N)c2ncc(Cc3cnc(OC4CCCCC4)c(C)c3)n2n1. The van der Waals surface area contributed by atoms with E-state index >= 15 is 0 Å². The molecule has 0 saturated heterocycles. The molecule has 0 aromatic carbocycles. The van der Waals surface area contributed by atoms with Gasteiger partial charge in [-0.05, 0) is 50.7 Å². The van der Waals surface area contributed by atoms with E-state index in [-0.39, 0.29) is 6.01 Å². The zero-order chi connectivity index (χ0) is 20.9. The van der Waals surface area contributed by atoms with Crippen molar-refractivity contribution in [1.82, 2.24) is 24.6 Å². The highest BCUT2D eigenvalue weighted by molar-refractivity contribution is 5.59. The van der Waals surface area contributed by atoms with Crippen LogP contribution in [-0.2, 0) is 6.42 Å². The van der Waals surface area contributed by atoms with Gasteiger partial charge in [-0.1, -0.05) is 19.8 Å². The van der Waals surface area contributed by atoms with Gasteiger partial charge in [-0.2, -0.15) is 4.98 Å². The van der Waals surface area contributed by atoms with Crippen molar-refractivity contribution in [3.05, 3.63) is 35.3 Å². The van der Waals surface area contributed by atoms with Gasteiger partial charge in [0, 0.05) is 18.2 Å². The second kappa shape index (κ2) is 9.28. The Morgan fingerprint density at radius 3 is 2.77 bits per heavy atom. The van der Waals surface area contributed by atoms with Crippen LogP contribution in [-0.4, -0.2) is 37.3 Å². The maximum atomic E-state index is 6.14. The van der Waals surface area contributed by atoms with Crippen molar-refractivity contribution in [3.63, 3.8) is 0 Å². The van der Waals surface area contributed by atoms with Crippen molar-refractivity contribution in [3.8, 4) is 11.9 Å². The fourth-order valence-corrected chi connectivity index (χ4v) is 3.81. The van der Waals surface area contributed by atoms with Crippen LogP contribution in [0.15, 0.2) is 18.5 Å². The quantitative estimate of drug-likeness (QED) is 0.562. The van der Waals surface area contributed by atoms with Crippen LogP contribution < -0.4 is 15.2 Å². The summed E-state index contributed by atoms with van der Waals surface area (Å²) in [6.45, 7) is 4.72. The lowest BCUT2D eigenvalue weighted by Gasteiger charge is -2.23. The lowest BCUT2D eigenvalue weighted by atomic mass is 9.98. The Morgan fingerprint density at radius 1 is 1.17 bits per heavy atom. The zero-order valence-electron chi connectivity index (χ0n) is 17.8. The van der Waals surface area contributed by atoms with Crippen molar-refractivity contribution < 1.29 is 9.47 Å². The first-order valence-electron chi connectivity index (χ1n) is 10.9. The number of nitrogens with two attached hydrogens (primary N) is 1.